The van der Waals surface area contributed by atoms with Crippen LogP contribution in [-0.2, 0) is 0 Å². The van der Waals surface area contributed by atoms with Crippen LogP contribution in [-0.4, -0.2) is 4.70 Å². The summed E-state index contributed by atoms with van der Waals surface area (Å²) in [6.07, 6.45) is 0. The first-order valence-corrected chi connectivity index (χ1v) is 2.32. The van der Waals surface area contributed by atoms with Crippen LogP contribution in [0.5, 0.6) is 0 Å². The van der Waals surface area contributed by atoms with Crippen LogP contribution in [0, 0.1) is 0 Å². The average Bonchev–Trinajstić information content (AvgIpc) is 1.41. The number of nitrogens with one attached hydrogen (secondary N) is 1. The molecule has 0 radical (unpaired) electrons. The second-order valence-electron chi connectivity index (χ2n) is 0.332. The van der Waals surface area contributed by atoms with E-state index in [1.807, 2.05) is 0 Å². The quantitative estimate of drug-likeness (QED) is 0.146. The summed E-state index contributed by atoms with van der Waals surface area (Å²) < 4.78 is 1.44. The number of hydrogen-bond donors (Lipinski definition) is 2. The second-order valence-corrected chi connectivity index (χ2v) is 1.57. The average molecular weight is 148 g/mol. The topological polar surface area (TPSA) is 38.0 Å². The third-order valence-electron chi connectivity index (χ3n) is 0.116. The predicted molar refractivity (Wildman–Crippen MR) is 29.7 cm³/mol. The molecule has 0 aliphatic carbocycles. The third-order valence-corrected chi connectivity index (χ3v) is 0.637. The molecule has 0 spiro atoms. The first kappa shape index (κ1) is 10.9. The van der Waals surface area contributed by atoms with Gasteiger partial charge in [0.25, 0.3) is 0 Å². The fourth-order valence-electron chi connectivity index (χ4n) is 0.0278. The van der Waals surface area contributed by atoms with Gasteiger partial charge < -0.3 is 1.43 Å². The normalized spacial score (nSPS) is 6.17. The predicted octanol–water partition coefficient (Wildman–Crippen LogP) is -2.83. The molecule has 0 aromatic rings. The van der Waals surface area contributed by atoms with Crippen molar-refractivity contribution in [3.63, 3.8) is 0 Å². The number of hydrogen-bond acceptors (Lipinski definition) is 4. The fourth-order valence-corrected chi connectivity index (χ4v) is 0.250. The van der Waals surface area contributed by atoms with Gasteiger partial charge in [-0.1, -0.05) is 12.2 Å². The molecule has 0 aromatic heterocycles. The van der Waals surface area contributed by atoms with E-state index in [1.165, 1.54) is 16.6 Å². The molecule has 2 nitrogen and oxygen atoms in total. The van der Waals surface area contributed by atoms with Crippen molar-refractivity contribution in [2.75, 3.05) is 0 Å². The van der Waals surface area contributed by atoms with Crippen molar-refractivity contribution in [2.45, 2.75) is 0 Å². The van der Waals surface area contributed by atoms with Crippen molar-refractivity contribution in [1.82, 2.24) is 4.83 Å². The Morgan fingerprint density at radius 2 is 2.50 bits per heavy atom. The number of nitrogens with two attached hydrogens (primary N) is 1. The number of thiocarbonyl (C=S) groups is 1. The maximum Gasteiger partial charge on any atom is 1.00 e. The molecular formula is CH5KN2S2. The third kappa shape index (κ3) is 9.37. The van der Waals surface area contributed by atoms with Crippen LogP contribution in [0.3, 0.4) is 0 Å². The molecule has 0 rings (SSSR count). The summed E-state index contributed by atoms with van der Waals surface area (Å²) in [6, 6.07) is 0. The van der Waals surface area contributed by atoms with Gasteiger partial charge in [-0.15, -0.1) is 0 Å². The van der Waals surface area contributed by atoms with Crippen molar-refractivity contribution < 1.29 is 52.8 Å². The summed E-state index contributed by atoms with van der Waals surface area (Å²) in [5, 5.41) is 0. The molecule has 0 saturated carbocycles. The van der Waals surface area contributed by atoms with E-state index in [9.17, 15) is 0 Å². The van der Waals surface area contributed by atoms with Gasteiger partial charge in [0.2, 0.25) is 0 Å². The molecule has 0 atom stereocenters. The van der Waals surface area contributed by atoms with Crippen molar-refractivity contribution in [1.29, 1.82) is 0 Å². The van der Waals surface area contributed by atoms with Gasteiger partial charge in [-0.3, -0.25) is 5.84 Å². The van der Waals surface area contributed by atoms with Gasteiger partial charge in [0.1, 0.15) is 0 Å². The van der Waals surface area contributed by atoms with Crippen LogP contribution in [0.4, 0.5) is 0 Å². The zero-order valence-electron chi connectivity index (χ0n) is 4.47. The van der Waals surface area contributed by atoms with Gasteiger partial charge in [-0.05, 0) is 11.9 Å². The van der Waals surface area contributed by atoms with E-state index in [1.54, 1.807) is 0 Å². The Morgan fingerprint density at radius 1 is 2.00 bits per heavy atom. The smallest absolute Gasteiger partial charge is 1.00 e. The molecule has 0 aromatic carbocycles. The molecule has 5 heteroatoms. The Labute approximate surface area is 90.6 Å². The Balaban J connectivity index is -0.0000000800. The summed E-state index contributed by atoms with van der Waals surface area (Å²) in [6.45, 7) is 0. The first-order chi connectivity index (χ1) is 2.41. The Morgan fingerprint density at radius 3 is 2.50 bits per heavy atom. The van der Waals surface area contributed by atoms with Crippen LogP contribution in [0.1, 0.15) is 1.43 Å². The minimum Gasteiger partial charge on any atom is -1.00 e. The Hall–Kier alpha value is 2.00. The molecule has 3 N–H and O–H groups in total. The van der Waals surface area contributed by atoms with E-state index >= 15 is 0 Å². The van der Waals surface area contributed by atoms with Crippen LogP contribution in [0.25, 0.3) is 0 Å². The molecule has 0 fully saturated rings. The van der Waals surface area contributed by atoms with Crippen LogP contribution < -0.4 is 62.1 Å². The van der Waals surface area contributed by atoms with E-state index < -0.39 is 0 Å². The van der Waals surface area contributed by atoms with Gasteiger partial charge >= 0.3 is 51.4 Å². The van der Waals surface area contributed by atoms with Crippen molar-refractivity contribution in [3.05, 3.63) is 0 Å². The summed E-state index contributed by atoms with van der Waals surface area (Å²) in [5.74, 6) is 4.75. The molecule has 32 valence electrons. The maximum absolute atomic E-state index is 4.75. The van der Waals surface area contributed by atoms with Gasteiger partial charge in [-0.25, -0.2) is 0 Å². The monoisotopic (exact) mass is 148 g/mol. The van der Waals surface area contributed by atoms with Crippen LogP contribution in [0.15, 0.2) is 0 Å². The zero-order valence-corrected chi connectivity index (χ0v) is 8.23. The molecule has 0 aliphatic heterocycles. The summed E-state index contributed by atoms with van der Waals surface area (Å²) in [4.78, 5) is 2.27. The second kappa shape index (κ2) is 10.1. The fraction of sp³-hybridized carbons (Fsp3) is 0. The number of hydrazine groups is 1. The minimum absolute atomic E-state index is 0. The van der Waals surface area contributed by atoms with E-state index in [4.69, 9.17) is 5.84 Å². The minimum atomic E-state index is 0. The van der Waals surface area contributed by atoms with Crippen LogP contribution in [0.2, 0.25) is 0 Å². The van der Waals surface area contributed by atoms with E-state index in [2.05, 4.69) is 17.0 Å². The van der Waals surface area contributed by atoms with E-state index in [0.29, 0.717) is 0 Å². The largest absolute Gasteiger partial charge is 1.00 e. The SMILES string of the molecule is NNSC=S.[H-].[K+]. The molecule has 6 heavy (non-hydrogen) atoms. The molecule has 0 saturated heterocycles. The van der Waals surface area contributed by atoms with Crippen molar-refractivity contribution >= 4 is 28.9 Å². The Kier molecular flexibility index (Phi) is 18.3. The summed E-state index contributed by atoms with van der Waals surface area (Å²) >= 11 is 5.53. The standard InChI is InChI=1S/CH4N2S2.K.H/c2-3-5-1-4;;/h1,3H,2H2;;/q;+1;-1. The molecule has 0 unspecified atom stereocenters. The van der Waals surface area contributed by atoms with E-state index in [-0.39, 0.29) is 52.8 Å². The van der Waals surface area contributed by atoms with Crippen LogP contribution >= 0.6 is 24.2 Å². The molecule has 0 bridgehead atoms. The molecule has 0 amide bonds. The van der Waals surface area contributed by atoms with Crippen molar-refractivity contribution in [3.8, 4) is 0 Å². The Bertz CT molecular complexity index is 36.9. The van der Waals surface area contributed by atoms with Gasteiger partial charge in [-0.2, -0.15) is 4.83 Å². The van der Waals surface area contributed by atoms with E-state index in [0.717, 1.165) is 0 Å². The number of rotatable bonds is 2. The summed E-state index contributed by atoms with van der Waals surface area (Å²) in [7, 11) is 0. The molecule has 0 heterocycles. The van der Waals surface area contributed by atoms with Gasteiger partial charge in [0.05, 0.1) is 4.70 Å². The molecule has 0 aliphatic rings. The first-order valence-electron chi connectivity index (χ1n) is 0.964. The maximum atomic E-state index is 4.75. The van der Waals surface area contributed by atoms with Gasteiger partial charge in [0, 0.05) is 0 Å². The molecular weight excluding hydrogens is 143 g/mol. The zero-order chi connectivity index (χ0) is 4.12. The summed E-state index contributed by atoms with van der Waals surface area (Å²) in [5.41, 5.74) is 0. The van der Waals surface area contributed by atoms with Crippen molar-refractivity contribution in [2.24, 2.45) is 5.84 Å². The van der Waals surface area contributed by atoms with Gasteiger partial charge in [0.15, 0.2) is 0 Å².